The van der Waals surface area contributed by atoms with Crippen LogP contribution >= 0.6 is 11.3 Å². The van der Waals surface area contributed by atoms with Gasteiger partial charge in [0.25, 0.3) is 5.91 Å². The Kier molecular flexibility index (Phi) is 2.80. The quantitative estimate of drug-likeness (QED) is 0.691. The van der Waals surface area contributed by atoms with Gasteiger partial charge in [-0.25, -0.2) is 5.48 Å². The molecule has 0 aliphatic carbocycles. The predicted octanol–water partition coefficient (Wildman–Crippen LogP) is 0.911. The lowest BCUT2D eigenvalue weighted by Crippen LogP contribution is -2.20. The molecule has 0 unspecified atom stereocenters. The average molecular weight is 182 g/mol. The molecule has 0 saturated carbocycles. The summed E-state index contributed by atoms with van der Waals surface area (Å²) in [4.78, 5) is 15.9. The van der Waals surface area contributed by atoms with Crippen LogP contribution in [0.25, 0.3) is 0 Å². The molecule has 0 atom stereocenters. The Morgan fingerprint density at radius 2 is 2.58 bits per heavy atom. The van der Waals surface area contributed by atoms with Gasteiger partial charge in [-0.05, 0) is 6.07 Å². The highest BCUT2D eigenvalue weighted by molar-refractivity contribution is 7.12. The molecule has 0 spiro atoms. The van der Waals surface area contributed by atoms with Gasteiger partial charge in [0, 0.05) is 5.38 Å². The standard InChI is InChI=1S/C7H6N2O2S/c1-11-9-7(10)6-2-5(3-8)4-12-6/h2,4H,1H3,(H,9,10). The Bertz CT molecular complexity index is 326. The minimum Gasteiger partial charge on any atom is -0.277 e. The van der Waals surface area contributed by atoms with E-state index in [9.17, 15) is 4.79 Å². The topological polar surface area (TPSA) is 62.1 Å². The molecule has 62 valence electrons. The highest BCUT2D eigenvalue weighted by atomic mass is 32.1. The number of carbonyl (C=O) groups excluding carboxylic acids is 1. The number of rotatable bonds is 2. The first-order chi connectivity index (χ1) is 5.77. The highest BCUT2D eigenvalue weighted by Crippen LogP contribution is 2.13. The lowest BCUT2D eigenvalue weighted by molar-refractivity contribution is 0.0542. The SMILES string of the molecule is CONC(=O)c1cc(C#N)cs1. The Morgan fingerprint density at radius 3 is 3.08 bits per heavy atom. The summed E-state index contributed by atoms with van der Waals surface area (Å²) in [5.41, 5.74) is 2.65. The second-order valence-corrected chi connectivity index (χ2v) is 2.86. The van der Waals surface area contributed by atoms with Crippen molar-refractivity contribution in [2.45, 2.75) is 0 Å². The first kappa shape index (κ1) is 8.71. The molecule has 0 aliphatic heterocycles. The number of nitrogens with one attached hydrogen (secondary N) is 1. The molecule has 0 radical (unpaired) electrons. The molecule has 5 heteroatoms. The lowest BCUT2D eigenvalue weighted by atomic mass is 10.3. The van der Waals surface area contributed by atoms with Gasteiger partial charge >= 0.3 is 0 Å². The molecule has 1 rings (SSSR count). The maximum atomic E-state index is 11.0. The van der Waals surface area contributed by atoms with Gasteiger partial charge in [-0.15, -0.1) is 11.3 Å². The number of hydrogen-bond acceptors (Lipinski definition) is 4. The molecule has 0 aromatic carbocycles. The molecule has 1 N–H and O–H groups in total. The van der Waals surface area contributed by atoms with Gasteiger partial charge in [0.2, 0.25) is 0 Å². The van der Waals surface area contributed by atoms with Crippen LogP contribution in [0.5, 0.6) is 0 Å². The molecule has 12 heavy (non-hydrogen) atoms. The minimum atomic E-state index is -0.330. The van der Waals surface area contributed by atoms with E-state index in [4.69, 9.17) is 5.26 Å². The Balaban J connectivity index is 2.76. The zero-order valence-electron chi connectivity index (χ0n) is 6.33. The van der Waals surface area contributed by atoms with Crippen LogP contribution in [0.15, 0.2) is 11.4 Å². The minimum absolute atomic E-state index is 0.330. The van der Waals surface area contributed by atoms with Crippen molar-refractivity contribution in [2.75, 3.05) is 7.11 Å². The van der Waals surface area contributed by atoms with Crippen molar-refractivity contribution >= 4 is 17.2 Å². The third-order valence-electron chi connectivity index (χ3n) is 1.15. The number of nitrogens with zero attached hydrogens (tertiary/aromatic N) is 1. The number of amides is 1. The van der Waals surface area contributed by atoms with Crippen molar-refractivity contribution in [1.29, 1.82) is 5.26 Å². The van der Waals surface area contributed by atoms with Gasteiger partial charge in [-0.3, -0.25) is 9.63 Å². The Labute approximate surface area is 73.3 Å². The van der Waals surface area contributed by atoms with Crippen LogP contribution in [0.3, 0.4) is 0 Å². The number of carbonyl (C=O) groups is 1. The molecule has 0 bridgehead atoms. The fourth-order valence-corrected chi connectivity index (χ4v) is 1.38. The molecule has 0 saturated heterocycles. The van der Waals surface area contributed by atoms with E-state index < -0.39 is 0 Å². The van der Waals surface area contributed by atoms with Gasteiger partial charge in [0.1, 0.15) is 6.07 Å². The monoisotopic (exact) mass is 182 g/mol. The summed E-state index contributed by atoms with van der Waals surface area (Å²) >= 11 is 1.21. The van der Waals surface area contributed by atoms with Gasteiger partial charge < -0.3 is 0 Å². The zero-order chi connectivity index (χ0) is 8.97. The summed E-state index contributed by atoms with van der Waals surface area (Å²) in [6, 6.07) is 3.45. The summed E-state index contributed by atoms with van der Waals surface area (Å²) < 4.78 is 0. The summed E-state index contributed by atoms with van der Waals surface area (Å²) in [6.07, 6.45) is 0. The number of hydrogen-bond donors (Lipinski definition) is 1. The lowest BCUT2D eigenvalue weighted by Gasteiger charge is -1.96. The Hall–Kier alpha value is -1.38. The summed E-state index contributed by atoms with van der Waals surface area (Å²) in [5, 5.41) is 10.1. The van der Waals surface area contributed by atoms with E-state index in [1.807, 2.05) is 6.07 Å². The maximum absolute atomic E-state index is 11.0. The molecule has 0 aliphatic rings. The summed E-state index contributed by atoms with van der Waals surface area (Å²) in [6.45, 7) is 0. The largest absolute Gasteiger partial charge is 0.284 e. The molecular weight excluding hydrogens is 176 g/mol. The van der Waals surface area contributed by atoms with Crippen LogP contribution in [0.2, 0.25) is 0 Å². The van der Waals surface area contributed by atoms with Crippen LogP contribution in [0, 0.1) is 11.3 Å². The van der Waals surface area contributed by atoms with Gasteiger partial charge in [0.15, 0.2) is 0 Å². The van der Waals surface area contributed by atoms with E-state index in [1.54, 1.807) is 5.38 Å². The second-order valence-electron chi connectivity index (χ2n) is 1.95. The molecule has 1 heterocycles. The molecule has 1 aromatic heterocycles. The zero-order valence-corrected chi connectivity index (χ0v) is 7.14. The van der Waals surface area contributed by atoms with E-state index in [0.717, 1.165) is 0 Å². The first-order valence-electron chi connectivity index (χ1n) is 3.10. The molecule has 0 fully saturated rings. The molecule has 1 amide bonds. The first-order valence-corrected chi connectivity index (χ1v) is 3.98. The smallest absolute Gasteiger partial charge is 0.277 e. The Morgan fingerprint density at radius 1 is 1.83 bits per heavy atom. The van der Waals surface area contributed by atoms with Crippen LogP contribution in [0.1, 0.15) is 15.2 Å². The van der Waals surface area contributed by atoms with Crippen molar-refractivity contribution in [3.63, 3.8) is 0 Å². The van der Waals surface area contributed by atoms with Crippen molar-refractivity contribution in [2.24, 2.45) is 0 Å². The highest BCUT2D eigenvalue weighted by Gasteiger charge is 2.07. The fourth-order valence-electron chi connectivity index (χ4n) is 0.657. The van der Waals surface area contributed by atoms with Gasteiger partial charge in [-0.2, -0.15) is 5.26 Å². The van der Waals surface area contributed by atoms with Crippen LogP contribution in [0.4, 0.5) is 0 Å². The van der Waals surface area contributed by atoms with Crippen LogP contribution < -0.4 is 5.48 Å². The molecule has 1 aromatic rings. The van der Waals surface area contributed by atoms with Crippen molar-refractivity contribution < 1.29 is 9.63 Å². The maximum Gasteiger partial charge on any atom is 0.284 e. The van der Waals surface area contributed by atoms with Crippen molar-refractivity contribution in [3.8, 4) is 6.07 Å². The molecule has 4 nitrogen and oxygen atoms in total. The van der Waals surface area contributed by atoms with Crippen LogP contribution in [-0.2, 0) is 4.84 Å². The average Bonchev–Trinajstić information content (AvgIpc) is 2.52. The predicted molar refractivity (Wildman–Crippen MR) is 43.5 cm³/mol. The van der Waals surface area contributed by atoms with E-state index in [0.29, 0.717) is 10.4 Å². The van der Waals surface area contributed by atoms with E-state index in [2.05, 4.69) is 10.3 Å². The number of hydroxylamine groups is 1. The molecular formula is C7H6N2O2S. The van der Waals surface area contributed by atoms with E-state index in [-0.39, 0.29) is 5.91 Å². The van der Waals surface area contributed by atoms with Crippen molar-refractivity contribution in [1.82, 2.24) is 5.48 Å². The van der Waals surface area contributed by atoms with Gasteiger partial charge in [-0.1, -0.05) is 0 Å². The summed E-state index contributed by atoms with van der Waals surface area (Å²) in [5.74, 6) is -0.330. The fraction of sp³-hybridized carbons (Fsp3) is 0.143. The van der Waals surface area contributed by atoms with Gasteiger partial charge in [0.05, 0.1) is 17.6 Å². The summed E-state index contributed by atoms with van der Waals surface area (Å²) in [7, 11) is 1.36. The van der Waals surface area contributed by atoms with E-state index in [1.165, 1.54) is 24.5 Å². The number of nitriles is 1. The second kappa shape index (κ2) is 3.85. The number of thiophene rings is 1. The normalized spacial score (nSPS) is 9.00. The van der Waals surface area contributed by atoms with Crippen LogP contribution in [-0.4, -0.2) is 13.0 Å². The van der Waals surface area contributed by atoms with Crippen molar-refractivity contribution in [3.05, 3.63) is 21.9 Å². The third-order valence-corrected chi connectivity index (χ3v) is 2.08. The van der Waals surface area contributed by atoms with E-state index >= 15 is 0 Å². The third kappa shape index (κ3) is 1.81.